The fourth-order valence-corrected chi connectivity index (χ4v) is 2.95. The molecule has 118 valence electrons. The Balaban J connectivity index is 1.83. The van der Waals surface area contributed by atoms with Crippen LogP contribution in [-0.2, 0) is 9.59 Å². The number of carbonyl (C=O) groups excluding carboxylic acids is 2. The Labute approximate surface area is 136 Å². The van der Waals surface area contributed by atoms with Crippen LogP contribution in [0.4, 0.5) is 11.4 Å². The average Bonchev–Trinajstić information content (AvgIpc) is 2.75. The van der Waals surface area contributed by atoms with Crippen LogP contribution in [0.15, 0.2) is 42.5 Å². The van der Waals surface area contributed by atoms with Gasteiger partial charge in [0.05, 0.1) is 12.1 Å². The van der Waals surface area contributed by atoms with Crippen LogP contribution in [0.5, 0.6) is 0 Å². The van der Waals surface area contributed by atoms with Crippen LogP contribution < -0.4 is 10.2 Å². The smallest absolute Gasteiger partial charge is 0.256 e. The third-order valence-corrected chi connectivity index (χ3v) is 4.00. The molecule has 4 nitrogen and oxygen atoms in total. The van der Waals surface area contributed by atoms with Crippen LogP contribution in [0.1, 0.15) is 23.1 Å². The molecule has 0 aliphatic carbocycles. The highest BCUT2D eigenvalue weighted by Gasteiger charge is 2.39. The molecule has 2 amide bonds. The van der Waals surface area contributed by atoms with Gasteiger partial charge in [-0.05, 0) is 56.2 Å². The predicted octanol–water partition coefficient (Wildman–Crippen LogP) is 3.36. The molecule has 1 aliphatic rings. The molecule has 2 aromatic rings. The molecule has 0 saturated carbocycles. The number of imide groups is 1. The van der Waals surface area contributed by atoms with Crippen LogP contribution in [0.3, 0.4) is 0 Å². The summed E-state index contributed by atoms with van der Waals surface area (Å²) in [6.07, 6.45) is 0.180. The predicted molar refractivity (Wildman–Crippen MR) is 91.6 cm³/mol. The van der Waals surface area contributed by atoms with E-state index in [2.05, 4.69) is 5.32 Å². The van der Waals surface area contributed by atoms with Gasteiger partial charge in [0.25, 0.3) is 5.91 Å². The summed E-state index contributed by atoms with van der Waals surface area (Å²) in [5.41, 5.74) is 4.74. The molecule has 1 atom stereocenters. The van der Waals surface area contributed by atoms with Gasteiger partial charge in [-0.3, -0.25) is 9.59 Å². The summed E-state index contributed by atoms with van der Waals surface area (Å²) in [5, 5.41) is 3.17. The first-order valence-corrected chi connectivity index (χ1v) is 7.72. The highest BCUT2D eigenvalue weighted by molar-refractivity contribution is 6.23. The largest absolute Gasteiger partial charge is 0.373 e. The lowest BCUT2D eigenvalue weighted by Crippen LogP contribution is -2.34. The molecule has 1 saturated heterocycles. The second-order valence-corrected chi connectivity index (χ2v) is 6.18. The minimum atomic E-state index is -0.508. The molecule has 1 heterocycles. The maximum atomic E-state index is 12.7. The Bertz CT molecular complexity index is 745. The highest BCUT2D eigenvalue weighted by atomic mass is 16.2. The molecule has 1 N–H and O–H groups in total. The summed E-state index contributed by atoms with van der Waals surface area (Å²) in [6.45, 7) is 5.93. The molecule has 1 aliphatic heterocycles. The topological polar surface area (TPSA) is 49.4 Å². The Morgan fingerprint density at radius 2 is 1.52 bits per heavy atom. The van der Waals surface area contributed by atoms with Crippen LogP contribution in [-0.4, -0.2) is 17.9 Å². The van der Waals surface area contributed by atoms with Crippen molar-refractivity contribution in [2.75, 3.05) is 10.2 Å². The number of anilines is 2. The Kier molecular flexibility index (Phi) is 3.90. The van der Waals surface area contributed by atoms with Gasteiger partial charge >= 0.3 is 0 Å². The van der Waals surface area contributed by atoms with Crippen LogP contribution in [0, 0.1) is 20.8 Å². The van der Waals surface area contributed by atoms with Crippen molar-refractivity contribution in [2.24, 2.45) is 0 Å². The molecule has 0 spiro atoms. The zero-order valence-corrected chi connectivity index (χ0v) is 13.6. The van der Waals surface area contributed by atoms with Gasteiger partial charge in [-0.2, -0.15) is 0 Å². The fraction of sp³-hybridized carbons (Fsp3) is 0.263. The van der Waals surface area contributed by atoms with Crippen LogP contribution in [0.25, 0.3) is 0 Å². The zero-order chi connectivity index (χ0) is 16.6. The van der Waals surface area contributed by atoms with Gasteiger partial charge in [0.1, 0.15) is 6.04 Å². The van der Waals surface area contributed by atoms with E-state index in [4.69, 9.17) is 0 Å². The lowest BCUT2D eigenvalue weighted by atomic mass is 10.1. The van der Waals surface area contributed by atoms with Crippen LogP contribution in [0.2, 0.25) is 0 Å². The molecule has 0 aromatic heterocycles. The van der Waals surface area contributed by atoms with Gasteiger partial charge < -0.3 is 5.32 Å². The van der Waals surface area contributed by atoms with E-state index in [0.717, 1.165) is 22.4 Å². The summed E-state index contributed by atoms with van der Waals surface area (Å²) >= 11 is 0. The van der Waals surface area contributed by atoms with Gasteiger partial charge in [0, 0.05) is 5.69 Å². The molecule has 0 bridgehead atoms. The summed E-state index contributed by atoms with van der Waals surface area (Å²) in [5.74, 6) is -0.356. The van der Waals surface area contributed by atoms with E-state index in [1.54, 1.807) is 0 Å². The molecular formula is C19H20N2O2. The van der Waals surface area contributed by atoms with Gasteiger partial charge in [-0.1, -0.05) is 23.8 Å². The minimum absolute atomic E-state index is 0.162. The number of benzene rings is 2. The number of amides is 2. The van der Waals surface area contributed by atoms with E-state index in [1.165, 1.54) is 4.90 Å². The number of hydrogen-bond donors (Lipinski definition) is 1. The quantitative estimate of drug-likeness (QED) is 0.885. The Hall–Kier alpha value is -2.62. The lowest BCUT2D eigenvalue weighted by Gasteiger charge is -2.17. The standard InChI is InChI=1S/C19H20N2O2/c1-12-4-6-15(7-5-12)20-17-11-18(22)21(19(17)23)16-9-13(2)8-14(3)10-16/h4-10,17,20H,11H2,1-3H3. The van der Waals surface area contributed by atoms with Gasteiger partial charge in [-0.15, -0.1) is 0 Å². The molecule has 23 heavy (non-hydrogen) atoms. The van der Waals surface area contributed by atoms with Crippen LogP contribution >= 0.6 is 0 Å². The van der Waals surface area contributed by atoms with E-state index in [1.807, 2.05) is 63.2 Å². The second-order valence-electron chi connectivity index (χ2n) is 6.18. The monoisotopic (exact) mass is 308 g/mol. The maximum Gasteiger partial charge on any atom is 0.256 e. The molecule has 3 rings (SSSR count). The van der Waals surface area contributed by atoms with Crippen molar-refractivity contribution in [3.8, 4) is 0 Å². The number of aryl methyl sites for hydroxylation is 3. The molecule has 1 unspecified atom stereocenters. The number of hydrogen-bond acceptors (Lipinski definition) is 3. The highest BCUT2D eigenvalue weighted by Crippen LogP contribution is 2.26. The van der Waals surface area contributed by atoms with E-state index in [0.29, 0.717) is 5.69 Å². The summed E-state index contributed by atoms with van der Waals surface area (Å²) in [4.78, 5) is 26.3. The van der Waals surface area contributed by atoms with E-state index in [9.17, 15) is 9.59 Å². The van der Waals surface area contributed by atoms with Crippen molar-refractivity contribution in [3.05, 3.63) is 59.2 Å². The first-order chi connectivity index (χ1) is 10.9. The van der Waals surface area contributed by atoms with Crippen molar-refractivity contribution >= 4 is 23.2 Å². The van der Waals surface area contributed by atoms with Crippen molar-refractivity contribution in [2.45, 2.75) is 33.2 Å². The van der Waals surface area contributed by atoms with E-state index >= 15 is 0 Å². The first kappa shape index (κ1) is 15.3. The molecular weight excluding hydrogens is 288 g/mol. The van der Waals surface area contributed by atoms with E-state index < -0.39 is 6.04 Å². The third-order valence-electron chi connectivity index (χ3n) is 4.00. The molecule has 0 radical (unpaired) electrons. The van der Waals surface area contributed by atoms with Crippen molar-refractivity contribution in [3.63, 3.8) is 0 Å². The van der Waals surface area contributed by atoms with Gasteiger partial charge in [0.15, 0.2) is 0 Å². The molecule has 4 heteroatoms. The summed E-state index contributed by atoms with van der Waals surface area (Å²) < 4.78 is 0. The van der Waals surface area contributed by atoms with Gasteiger partial charge in [-0.25, -0.2) is 4.90 Å². The molecule has 1 fully saturated rings. The Morgan fingerprint density at radius 1 is 0.913 bits per heavy atom. The number of rotatable bonds is 3. The second kappa shape index (κ2) is 5.88. The first-order valence-electron chi connectivity index (χ1n) is 7.72. The number of nitrogens with one attached hydrogen (secondary N) is 1. The van der Waals surface area contributed by atoms with Crippen molar-refractivity contribution in [1.82, 2.24) is 0 Å². The summed E-state index contributed by atoms with van der Waals surface area (Å²) in [7, 11) is 0. The normalized spacial score (nSPS) is 17.7. The number of nitrogens with zero attached hydrogens (tertiary/aromatic N) is 1. The minimum Gasteiger partial charge on any atom is -0.373 e. The summed E-state index contributed by atoms with van der Waals surface area (Å²) in [6, 6.07) is 13.1. The Morgan fingerprint density at radius 3 is 2.13 bits per heavy atom. The average molecular weight is 308 g/mol. The maximum absolute atomic E-state index is 12.7. The fourth-order valence-electron chi connectivity index (χ4n) is 2.95. The van der Waals surface area contributed by atoms with E-state index in [-0.39, 0.29) is 18.2 Å². The SMILES string of the molecule is Cc1ccc(NC2CC(=O)N(c3cc(C)cc(C)c3)C2=O)cc1. The molecule has 2 aromatic carbocycles. The third kappa shape index (κ3) is 3.11. The number of carbonyl (C=O) groups is 2. The van der Waals surface area contributed by atoms with Gasteiger partial charge in [0.2, 0.25) is 5.91 Å². The van der Waals surface area contributed by atoms with Crippen molar-refractivity contribution < 1.29 is 9.59 Å². The lowest BCUT2D eigenvalue weighted by molar-refractivity contribution is -0.121. The van der Waals surface area contributed by atoms with Crippen molar-refractivity contribution in [1.29, 1.82) is 0 Å². The zero-order valence-electron chi connectivity index (χ0n) is 13.6.